The zero-order valence-electron chi connectivity index (χ0n) is 21.1. The van der Waals surface area contributed by atoms with Gasteiger partial charge < -0.3 is 19.4 Å². The van der Waals surface area contributed by atoms with Crippen molar-refractivity contribution in [2.45, 2.75) is 51.4 Å². The third kappa shape index (κ3) is 5.37. The first-order valence-electron chi connectivity index (χ1n) is 12.7. The first-order chi connectivity index (χ1) is 18.8. The van der Waals surface area contributed by atoms with Gasteiger partial charge in [0.2, 0.25) is 0 Å². The second kappa shape index (κ2) is 10.1. The van der Waals surface area contributed by atoms with Gasteiger partial charge in [-0.1, -0.05) is 6.92 Å². The van der Waals surface area contributed by atoms with Crippen LogP contribution in [0.1, 0.15) is 54.0 Å². The third-order valence-corrected chi connectivity index (χ3v) is 7.87. The molecule has 0 bridgehead atoms. The quantitative estimate of drug-likeness (QED) is 0.329. The normalized spacial score (nSPS) is 16.3. The molecule has 0 spiro atoms. The van der Waals surface area contributed by atoms with Gasteiger partial charge in [-0.05, 0) is 25.3 Å². The number of amides is 1. The van der Waals surface area contributed by atoms with Crippen LogP contribution in [0, 0.1) is 5.92 Å². The van der Waals surface area contributed by atoms with Gasteiger partial charge >= 0.3 is 6.18 Å². The summed E-state index contributed by atoms with van der Waals surface area (Å²) in [5, 5.41) is 12.7. The average Bonchev–Trinajstić information content (AvgIpc) is 3.25. The molecule has 1 aliphatic heterocycles. The van der Waals surface area contributed by atoms with Crippen LogP contribution in [0.3, 0.4) is 0 Å². The number of carbonyl (C=O) groups excluding carboxylic acids is 1. The summed E-state index contributed by atoms with van der Waals surface area (Å²) in [6.45, 7) is 2.82. The molecule has 0 unspecified atom stereocenters. The predicted octanol–water partition coefficient (Wildman–Crippen LogP) is 4.20. The molecule has 14 heteroatoms. The molecule has 10 nitrogen and oxygen atoms in total. The summed E-state index contributed by atoms with van der Waals surface area (Å²) < 4.78 is 42.3. The number of halogens is 3. The second-order valence-corrected chi connectivity index (χ2v) is 10.8. The SMILES string of the molecule is C[C@H](Cn1cnnc1-c1nc(CNC(=O)c2cc(-n3cnc(C4CC4)c3)c(N3CCC3)cn2)cs1)C(F)(F)F. The lowest BCUT2D eigenvalue weighted by Gasteiger charge is -2.34. The molecule has 39 heavy (non-hydrogen) atoms. The van der Waals surface area contributed by atoms with Gasteiger partial charge in [0.25, 0.3) is 5.91 Å². The van der Waals surface area contributed by atoms with E-state index in [1.807, 2.05) is 10.8 Å². The molecule has 5 heterocycles. The number of alkyl halides is 3. The van der Waals surface area contributed by atoms with E-state index in [9.17, 15) is 18.0 Å². The van der Waals surface area contributed by atoms with Gasteiger partial charge in [-0.25, -0.2) is 15.0 Å². The summed E-state index contributed by atoms with van der Waals surface area (Å²) in [5.41, 5.74) is 3.72. The number of imidazole rings is 1. The van der Waals surface area contributed by atoms with Crippen molar-refractivity contribution in [1.82, 2.24) is 39.6 Å². The first-order valence-corrected chi connectivity index (χ1v) is 13.6. The van der Waals surface area contributed by atoms with Crippen LogP contribution in [0.2, 0.25) is 0 Å². The van der Waals surface area contributed by atoms with E-state index in [1.54, 1.807) is 24.0 Å². The van der Waals surface area contributed by atoms with Gasteiger partial charge in [0.1, 0.15) is 12.0 Å². The minimum absolute atomic E-state index is 0.129. The molecule has 6 rings (SSSR count). The van der Waals surface area contributed by atoms with Crippen LogP contribution in [0.25, 0.3) is 16.5 Å². The van der Waals surface area contributed by atoms with Crippen molar-refractivity contribution in [2.24, 2.45) is 5.92 Å². The van der Waals surface area contributed by atoms with Gasteiger partial charge in [-0.2, -0.15) is 13.2 Å². The highest BCUT2D eigenvalue weighted by molar-refractivity contribution is 7.13. The summed E-state index contributed by atoms with van der Waals surface area (Å²) in [6.07, 6.45) is 5.93. The minimum Gasteiger partial charge on any atom is -0.368 e. The van der Waals surface area contributed by atoms with Gasteiger partial charge in [-0.3, -0.25) is 4.79 Å². The molecule has 1 amide bonds. The number of carbonyl (C=O) groups is 1. The van der Waals surface area contributed by atoms with Crippen LogP contribution in [0.4, 0.5) is 18.9 Å². The summed E-state index contributed by atoms with van der Waals surface area (Å²) in [4.78, 5) is 28.7. The summed E-state index contributed by atoms with van der Waals surface area (Å²) >= 11 is 1.23. The fraction of sp³-hybridized carbons (Fsp3) is 0.440. The molecular formula is C25H26F3N9OS. The van der Waals surface area contributed by atoms with E-state index >= 15 is 0 Å². The summed E-state index contributed by atoms with van der Waals surface area (Å²) in [7, 11) is 0. The molecular weight excluding hydrogens is 531 g/mol. The predicted molar refractivity (Wildman–Crippen MR) is 138 cm³/mol. The van der Waals surface area contributed by atoms with E-state index in [2.05, 4.69) is 35.4 Å². The number of aromatic nitrogens is 7. The fourth-order valence-electron chi connectivity index (χ4n) is 4.33. The molecule has 1 saturated heterocycles. The topological polar surface area (TPSA) is 107 Å². The van der Waals surface area contributed by atoms with Crippen LogP contribution in [-0.2, 0) is 13.1 Å². The molecule has 0 aromatic carbocycles. The molecule has 0 radical (unpaired) electrons. The van der Waals surface area contributed by atoms with E-state index in [4.69, 9.17) is 0 Å². The minimum atomic E-state index is -4.32. The van der Waals surface area contributed by atoms with Crippen molar-refractivity contribution in [1.29, 1.82) is 0 Å². The Morgan fingerprint density at radius 1 is 1.21 bits per heavy atom. The van der Waals surface area contributed by atoms with Crippen molar-refractivity contribution < 1.29 is 18.0 Å². The van der Waals surface area contributed by atoms with Gasteiger partial charge in [0, 0.05) is 37.1 Å². The maximum Gasteiger partial charge on any atom is 0.393 e. The van der Waals surface area contributed by atoms with Crippen LogP contribution in [-0.4, -0.2) is 59.5 Å². The Hall–Kier alpha value is -3.81. The molecule has 2 aliphatic rings. The molecule has 204 valence electrons. The number of anilines is 1. The Morgan fingerprint density at radius 3 is 2.74 bits per heavy atom. The van der Waals surface area contributed by atoms with E-state index in [1.165, 1.54) is 22.2 Å². The molecule has 1 N–H and O–H groups in total. The van der Waals surface area contributed by atoms with Crippen molar-refractivity contribution in [2.75, 3.05) is 18.0 Å². The largest absolute Gasteiger partial charge is 0.393 e. The zero-order valence-corrected chi connectivity index (χ0v) is 21.9. The number of hydrogen-bond donors (Lipinski definition) is 1. The molecule has 1 saturated carbocycles. The Morgan fingerprint density at radius 2 is 2.03 bits per heavy atom. The number of pyridine rings is 1. The van der Waals surface area contributed by atoms with Crippen LogP contribution in [0.5, 0.6) is 0 Å². The number of nitrogens with one attached hydrogen (secondary N) is 1. The van der Waals surface area contributed by atoms with Crippen molar-refractivity contribution in [3.8, 4) is 16.5 Å². The Labute approximate surface area is 225 Å². The summed E-state index contributed by atoms with van der Waals surface area (Å²) in [6, 6.07) is 1.78. The molecule has 4 aromatic heterocycles. The van der Waals surface area contributed by atoms with E-state index < -0.39 is 12.1 Å². The van der Waals surface area contributed by atoms with Crippen molar-refractivity contribution in [3.05, 3.63) is 53.6 Å². The Balaban J connectivity index is 1.15. The van der Waals surface area contributed by atoms with Gasteiger partial charge in [-0.15, -0.1) is 21.5 Å². The second-order valence-electron chi connectivity index (χ2n) is 9.96. The van der Waals surface area contributed by atoms with Crippen molar-refractivity contribution >= 4 is 22.9 Å². The highest BCUT2D eigenvalue weighted by Crippen LogP contribution is 2.39. The molecule has 2 fully saturated rings. The number of thiazole rings is 1. The molecule has 1 aliphatic carbocycles. The summed E-state index contributed by atoms with van der Waals surface area (Å²) in [5.74, 6) is -1.13. The lowest BCUT2D eigenvalue weighted by Crippen LogP contribution is -2.38. The average molecular weight is 558 g/mol. The third-order valence-electron chi connectivity index (χ3n) is 6.99. The fourth-order valence-corrected chi connectivity index (χ4v) is 5.15. The van der Waals surface area contributed by atoms with Crippen LogP contribution >= 0.6 is 11.3 Å². The van der Waals surface area contributed by atoms with E-state index in [0.29, 0.717) is 16.6 Å². The monoisotopic (exact) mass is 557 g/mol. The molecule has 4 aromatic rings. The highest BCUT2D eigenvalue weighted by atomic mass is 32.1. The van der Waals surface area contributed by atoms with Gasteiger partial charge in [0.15, 0.2) is 10.8 Å². The van der Waals surface area contributed by atoms with Crippen LogP contribution < -0.4 is 10.2 Å². The number of rotatable bonds is 9. The Bertz CT molecular complexity index is 1490. The standard InChI is InChI=1S/C25H26F3N9OS/c1-15(25(26,27)28)10-37-14-32-34-22(37)24-33-17(12-39-24)8-30-23(38)18-7-20(21(9-29-18)35-5-2-6-35)36-11-19(31-13-36)16-3-4-16/h7,9,11-16H,2-6,8,10H2,1H3,(H,30,38)/t15-/m1/s1. The molecule has 1 atom stereocenters. The number of nitrogens with zero attached hydrogens (tertiary/aromatic N) is 8. The maximum absolute atomic E-state index is 13.0. The van der Waals surface area contributed by atoms with Crippen LogP contribution in [0.15, 0.2) is 36.5 Å². The lowest BCUT2D eigenvalue weighted by molar-refractivity contribution is -0.172. The maximum atomic E-state index is 13.0. The zero-order chi connectivity index (χ0) is 27.1. The first kappa shape index (κ1) is 25.5. The van der Waals surface area contributed by atoms with Crippen molar-refractivity contribution in [3.63, 3.8) is 0 Å². The van der Waals surface area contributed by atoms with Gasteiger partial charge in [0.05, 0.1) is 47.7 Å². The smallest absolute Gasteiger partial charge is 0.368 e. The Kier molecular flexibility index (Phi) is 6.57. The number of hydrogen-bond acceptors (Lipinski definition) is 8. The van der Waals surface area contributed by atoms with E-state index in [-0.39, 0.29) is 30.5 Å². The highest BCUT2D eigenvalue weighted by Gasteiger charge is 2.36. The lowest BCUT2D eigenvalue weighted by atomic mass is 10.1. The van der Waals surface area contributed by atoms with E-state index in [0.717, 1.165) is 56.3 Å².